The van der Waals surface area contributed by atoms with Gasteiger partial charge in [-0.2, -0.15) is 30.7 Å². The van der Waals surface area contributed by atoms with Gasteiger partial charge in [0.2, 0.25) is 5.82 Å². The fourth-order valence-electron chi connectivity index (χ4n) is 4.02. The second-order valence-electron chi connectivity index (χ2n) is 8.52. The molecule has 1 aromatic heterocycles. The van der Waals surface area contributed by atoms with E-state index in [0.717, 1.165) is 19.3 Å². The van der Waals surface area contributed by atoms with Gasteiger partial charge >= 0.3 is 18.4 Å². The van der Waals surface area contributed by atoms with Crippen LogP contribution in [0.5, 0.6) is 11.5 Å². The summed E-state index contributed by atoms with van der Waals surface area (Å²) in [5.74, 6) is -5.15. The van der Waals surface area contributed by atoms with Crippen LogP contribution in [0.3, 0.4) is 0 Å². The first kappa shape index (κ1) is 26.9. The van der Waals surface area contributed by atoms with E-state index in [1.807, 2.05) is 0 Å². The molecule has 194 valence electrons. The molecule has 0 saturated heterocycles. The second kappa shape index (κ2) is 10.5. The molecule has 0 spiro atoms. The molecule has 0 bridgehead atoms. The van der Waals surface area contributed by atoms with Crippen molar-refractivity contribution in [3.05, 3.63) is 47.8 Å². The summed E-state index contributed by atoms with van der Waals surface area (Å²) in [5, 5.41) is 0. The van der Waals surface area contributed by atoms with Gasteiger partial charge in [-0.3, -0.25) is 0 Å². The van der Waals surface area contributed by atoms with E-state index in [2.05, 4.69) is 21.6 Å². The van der Waals surface area contributed by atoms with Gasteiger partial charge < -0.3 is 9.47 Å². The number of halogens is 8. The predicted octanol–water partition coefficient (Wildman–Crippen LogP) is 7.73. The summed E-state index contributed by atoms with van der Waals surface area (Å²) in [7, 11) is 0. The lowest BCUT2D eigenvalue weighted by atomic mass is 9.79. The number of hydrogen-bond acceptors (Lipinski definition) is 4. The van der Waals surface area contributed by atoms with Crippen LogP contribution in [-0.2, 0) is 12.3 Å². The molecule has 0 aliphatic heterocycles. The maximum atomic E-state index is 14.6. The zero-order valence-corrected chi connectivity index (χ0v) is 18.7. The number of hydrogen-bond donors (Lipinski definition) is 0. The van der Waals surface area contributed by atoms with Crippen LogP contribution in [0.25, 0.3) is 0 Å². The van der Waals surface area contributed by atoms with E-state index in [1.54, 1.807) is 0 Å². The Bertz CT molecular complexity index is 974. The predicted molar refractivity (Wildman–Crippen MR) is 109 cm³/mol. The van der Waals surface area contributed by atoms with Gasteiger partial charge in [0.05, 0.1) is 23.9 Å². The van der Waals surface area contributed by atoms with Gasteiger partial charge in [0, 0.05) is 6.07 Å². The van der Waals surface area contributed by atoms with Crippen LogP contribution in [0, 0.1) is 17.7 Å². The van der Waals surface area contributed by atoms with Crippen LogP contribution in [0.4, 0.5) is 35.1 Å². The minimum atomic E-state index is -5.01. The number of benzene rings is 1. The topological polar surface area (TPSA) is 44.2 Å². The highest BCUT2D eigenvalue weighted by molar-refractivity contribution is 5.31. The summed E-state index contributed by atoms with van der Waals surface area (Å²) < 4.78 is 118. The minimum absolute atomic E-state index is 0.145. The van der Waals surface area contributed by atoms with E-state index in [1.165, 1.54) is 0 Å². The van der Waals surface area contributed by atoms with E-state index >= 15 is 0 Å². The molecular formula is C23H24F8N2O2. The number of alkyl halides is 7. The van der Waals surface area contributed by atoms with Gasteiger partial charge in [-0.15, -0.1) is 0 Å². The van der Waals surface area contributed by atoms with Crippen molar-refractivity contribution in [3.8, 4) is 11.5 Å². The van der Waals surface area contributed by atoms with Crippen molar-refractivity contribution in [2.75, 3.05) is 0 Å². The fraction of sp³-hybridized carbons (Fsp3) is 0.565. The van der Waals surface area contributed by atoms with Crippen molar-refractivity contribution < 1.29 is 44.6 Å². The molecule has 0 N–H and O–H groups in total. The highest BCUT2D eigenvalue weighted by atomic mass is 19.4. The third-order valence-corrected chi connectivity index (χ3v) is 5.92. The molecule has 0 amide bonds. The number of ether oxygens (including phenoxy) is 2. The van der Waals surface area contributed by atoms with Crippen LogP contribution in [0.15, 0.2) is 30.6 Å². The molecule has 2 aromatic rings. The van der Waals surface area contributed by atoms with Gasteiger partial charge in [-0.1, -0.05) is 26.2 Å². The van der Waals surface area contributed by atoms with Crippen LogP contribution in [0.1, 0.15) is 63.3 Å². The Kier molecular flexibility index (Phi) is 8.10. The first-order valence-corrected chi connectivity index (χ1v) is 11.1. The van der Waals surface area contributed by atoms with Crippen molar-refractivity contribution in [2.45, 2.75) is 70.3 Å². The van der Waals surface area contributed by atoms with Crippen molar-refractivity contribution in [2.24, 2.45) is 11.8 Å². The Morgan fingerprint density at radius 2 is 1.51 bits per heavy atom. The SMILES string of the molecule is CCCCC1CCC(C(F)(F)Oc2cnc(C(F)(F)Oc3ccc(C(F)(F)F)c(F)c3)nc2)CC1. The average molecular weight is 512 g/mol. The van der Waals surface area contributed by atoms with E-state index < -0.39 is 53.0 Å². The Labute approximate surface area is 196 Å². The van der Waals surface area contributed by atoms with E-state index in [4.69, 9.17) is 4.74 Å². The Morgan fingerprint density at radius 3 is 2.06 bits per heavy atom. The number of nitrogens with zero attached hydrogens (tertiary/aromatic N) is 2. The third kappa shape index (κ3) is 6.94. The standard InChI is InChI=1S/C23H24F8N2O2/c1-2-3-4-14-5-7-15(8-6-14)22(28,29)35-17-12-32-20(33-13-17)23(30,31)34-16-9-10-18(19(24)11-16)21(25,26)27/h9-15H,2-8H2,1H3. The van der Waals surface area contributed by atoms with Gasteiger partial charge in [0.25, 0.3) is 0 Å². The second-order valence-corrected chi connectivity index (χ2v) is 8.52. The van der Waals surface area contributed by atoms with E-state index in [9.17, 15) is 35.1 Å². The number of aromatic nitrogens is 2. The molecule has 1 fully saturated rings. The summed E-state index contributed by atoms with van der Waals surface area (Å²) in [6, 6.07) is 0.901. The van der Waals surface area contributed by atoms with Crippen LogP contribution in [0.2, 0.25) is 0 Å². The number of unbranched alkanes of at least 4 members (excludes halogenated alkanes) is 1. The zero-order chi connectivity index (χ0) is 25.9. The Hall–Kier alpha value is -2.66. The maximum absolute atomic E-state index is 14.6. The molecule has 0 unspecified atom stereocenters. The van der Waals surface area contributed by atoms with Crippen molar-refractivity contribution in [1.29, 1.82) is 0 Å². The summed E-state index contributed by atoms with van der Waals surface area (Å²) in [4.78, 5) is 6.57. The molecule has 1 aliphatic rings. The van der Waals surface area contributed by atoms with Gasteiger partial charge in [0.15, 0.2) is 5.75 Å². The molecule has 1 heterocycles. The Balaban J connectivity index is 1.62. The summed E-state index contributed by atoms with van der Waals surface area (Å²) >= 11 is 0. The third-order valence-electron chi connectivity index (χ3n) is 5.92. The van der Waals surface area contributed by atoms with E-state index in [-0.39, 0.29) is 25.0 Å². The smallest absolute Gasteiger partial charge is 0.429 e. The minimum Gasteiger partial charge on any atom is -0.429 e. The lowest BCUT2D eigenvalue weighted by Crippen LogP contribution is -2.37. The van der Waals surface area contributed by atoms with Gasteiger partial charge in [0.1, 0.15) is 11.6 Å². The van der Waals surface area contributed by atoms with Gasteiger partial charge in [-0.05, 0) is 43.7 Å². The molecule has 4 nitrogen and oxygen atoms in total. The Morgan fingerprint density at radius 1 is 0.886 bits per heavy atom. The molecule has 1 aliphatic carbocycles. The first-order valence-electron chi connectivity index (χ1n) is 11.1. The number of rotatable bonds is 9. The highest BCUT2D eigenvalue weighted by Crippen LogP contribution is 2.41. The molecule has 1 aromatic carbocycles. The van der Waals surface area contributed by atoms with Crippen LogP contribution < -0.4 is 9.47 Å². The van der Waals surface area contributed by atoms with Crippen molar-refractivity contribution >= 4 is 0 Å². The summed E-state index contributed by atoms with van der Waals surface area (Å²) in [6.07, 6.45) is -6.65. The largest absolute Gasteiger partial charge is 0.462 e. The van der Waals surface area contributed by atoms with Gasteiger partial charge in [-0.25, -0.2) is 14.4 Å². The monoisotopic (exact) mass is 512 g/mol. The van der Waals surface area contributed by atoms with E-state index in [0.29, 0.717) is 37.2 Å². The van der Waals surface area contributed by atoms with Crippen molar-refractivity contribution in [3.63, 3.8) is 0 Å². The molecule has 3 rings (SSSR count). The van der Waals surface area contributed by atoms with Crippen LogP contribution in [-0.4, -0.2) is 16.1 Å². The molecule has 35 heavy (non-hydrogen) atoms. The normalized spacial score (nSPS) is 19.5. The average Bonchev–Trinajstić information content (AvgIpc) is 2.77. The quantitative estimate of drug-likeness (QED) is 0.323. The fourth-order valence-corrected chi connectivity index (χ4v) is 4.02. The molecule has 0 atom stereocenters. The lowest BCUT2D eigenvalue weighted by Gasteiger charge is -2.33. The molecule has 1 saturated carbocycles. The first-order chi connectivity index (χ1) is 16.3. The lowest BCUT2D eigenvalue weighted by molar-refractivity contribution is -0.224. The summed E-state index contributed by atoms with van der Waals surface area (Å²) in [6.45, 7) is 2.07. The molecule has 0 radical (unpaired) electrons. The maximum Gasteiger partial charge on any atom is 0.462 e. The molecule has 12 heteroatoms. The highest BCUT2D eigenvalue weighted by Gasteiger charge is 2.44. The zero-order valence-electron chi connectivity index (χ0n) is 18.7. The summed E-state index contributed by atoms with van der Waals surface area (Å²) in [5.41, 5.74) is -1.65. The van der Waals surface area contributed by atoms with Crippen LogP contribution >= 0.6 is 0 Å². The molecular weight excluding hydrogens is 488 g/mol. The van der Waals surface area contributed by atoms with Crippen molar-refractivity contribution in [1.82, 2.24) is 9.97 Å².